The number of nitrogens with one attached hydrogen (secondary N) is 1. The topological polar surface area (TPSA) is 49.3 Å². The van der Waals surface area contributed by atoms with Gasteiger partial charge < -0.3 is 19.7 Å². The van der Waals surface area contributed by atoms with Gasteiger partial charge in [-0.1, -0.05) is 24.6 Å². The molecule has 1 aromatic carbocycles. The van der Waals surface area contributed by atoms with E-state index in [-0.39, 0.29) is 30.0 Å². The first-order chi connectivity index (χ1) is 13.8. The second-order valence-corrected chi connectivity index (χ2v) is 7.84. The van der Waals surface area contributed by atoms with Gasteiger partial charge in [-0.2, -0.15) is 0 Å². The molecule has 0 saturated carbocycles. The molecular weight excluding hydrogens is 479 g/mol. The summed E-state index contributed by atoms with van der Waals surface area (Å²) in [5.41, 5.74) is 1.26. The highest BCUT2D eigenvalue weighted by molar-refractivity contribution is 14.0. The van der Waals surface area contributed by atoms with Crippen LogP contribution in [-0.4, -0.2) is 76.4 Å². The van der Waals surface area contributed by atoms with Crippen LogP contribution in [0.25, 0.3) is 0 Å². The van der Waals surface area contributed by atoms with Gasteiger partial charge >= 0.3 is 0 Å². The van der Waals surface area contributed by atoms with Crippen LogP contribution in [0.5, 0.6) is 5.75 Å². The Hall–Kier alpha value is -1.06. The number of aliphatic imine (C=N–C) groups is 1. The maximum atomic E-state index is 5.68. The lowest BCUT2D eigenvalue weighted by molar-refractivity contribution is 0.156. The van der Waals surface area contributed by atoms with Crippen molar-refractivity contribution in [3.63, 3.8) is 0 Å². The molecule has 29 heavy (non-hydrogen) atoms. The van der Waals surface area contributed by atoms with Crippen molar-refractivity contribution >= 4 is 29.9 Å². The molecule has 2 atom stereocenters. The Morgan fingerprint density at radius 1 is 1.17 bits per heavy atom. The number of likely N-dealkylation sites (tertiary alicyclic amines) is 2. The minimum absolute atomic E-state index is 0. The van der Waals surface area contributed by atoms with Crippen molar-refractivity contribution in [2.75, 3.05) is 60.6 Å². The number of hydrogen-bond acceptors (Lipinski definition) is 4. The Kier molecular flexibility index (Phi) is 10.5. The monoisotopic (exact) mass is 516 g/mol. The first kappa shape index (κ1) is 24.2. The first-order valence-corrected chi connectivity index (χ1v) is 10.6. The van der Waals surface area contributed by atoms with Crippen LogP contribution >= 0.6 is 24.0 Å². The molecule has 2 unspecified atom stereocenters. The average Bonchev–Trinajstić information content (AvgIpc) is 3.21. The Bertz CT molecular complexity index is 637. The molecule has 164 valence electrons. The molecule has 2 aliphatic heterocycles. The highest BCUT2D eigenvalue weighted by Crippen LogP contribution is 2.31. The minimum Gasteiger partial charge on any atom is -0.496 e. The van der Waals surface area contributed by atoms with Crippen molar-refractivity contribution in [2.24, 2.45) is 10.9 Å². The standard InChI is InChI=1S/C22H36N4O2.HI/c1-23-22(26-14-11-18(16-26)17-27-2)24-15-20(25-12-7-4-8-13-25)19-9-5-6-10-21(19)28-3;/h5-6,9-10,18,20H,4,7-8,11-17H2,1-3H3,(H,23,24);1H. The van der Waals surface area contributed by atoms with Crippen LogP contribution in [0.4, 0.5) is 0 Å². The fourth-order valence-electron chi connectivity index (χ4n) is 4.52. The van der Waals surface area contributed by atoms with Gasteiger partial charge in [0.05, 0.1) is 19.8 Å². The number of guanidine groups is 1. The van der Waals surface area contributed by atoms with Gasteiger partial charge in [0.2, 0.25) is 0 Å². The molecule has 0 bridgehead atoms. The molecule has 2 saturated heterocycles. The van der Waals surface area contributed by atoms with E-state index in [2.05, 4.69) is 38.3 Å². The van der Waals surface area contributed by atoms with Crippen molar-refractivity contribution in [1.82, 2.24) is 15.1 Å². The van der Waals surface area contributed by atoms with E-state index in [1.807, 2.05) is 13.1 Å². The van der Waals surface area contributed by atoms with Gasteiger partial charge in [0.1, 0.15) is 5.75 Å². The van der Waals surface area contributed by atoms with Crippen LogP contribution in [-0.2, 0) is 4.74 Å². The summed E-state index contributed by atoms with van der Waals surface area (Å²) in [6.45, 7) is 5.99. The molecule has 7 heteroatoms. The summed E-state index contributed by atoms with van der Waals surface area (Å²) in [7, 11) is 5.43. The van der Waals surface area contributed by atoms with Crippen molar-refractivity contribution < 1.29 is 9.47 Å². The number of para-hydroxylation sites is 1. The Morgan fingerprint density at radius 3 is 2.62 bits per heavy atom. The zero-order valence-electron chi connectivity index (χ0n) is 18.1. The van der Waals surface area contributed by atoms with E-state index in [4.69, 9.17) is 9.47 Å². The van der Waals surface area contributed by atoms with E-state index in [0.717, 1.165) is 57.5 Å². The van der Waals surface area contributed by atoms with Crippen LogP contribution in [0.3, 0.4) is 0 Å². The lowest BCUT2D eigenvalue weighted by Gasteiger charge is -2.36. The maximum absolute atomic E-state index is 5.68. The summed E-state index contributed by atoms with van der Waals surface area (Å²) in [6.07, 6.45) is 5.03. The molecule has 0 spiro atoms. The molecule has 0 amide bonds. The smallest absolute Gasteiger partial charge is 0.193 e. The number of halogens is 1. The third-order valence-corrected chi connectivity index (χ3v) is 5.98. The summed E-state index contributed by atoms with van der Waals surface area (Å²) >= 11 is 0. The van der Waals surface area contributed by atoms with Gasteiger partial charge in [0, 0.05) is 45.3 Å². The molecule has 2 aliphatic rings. The van der Waals surface area contributed by atoms with Gasteiger partial charge in [0.15, 0.2) is 5.96 Å². The van der Waals surface area contributed by atoms with E-state index in [9.17, 15) is 0 Å². The van der Waals surface area contributed by atoms with Crippen LogP contribution in [0.2, 0.25) is 0 Å². The van der Waals surface area contributed by atoms with Crippen LogP contribution < -0.4 is 10.1 Å². The van der Waals surface area contributed by atoms with E-state index >= 15 is 0 Å². The number of methoxy groups -OCH3 is 2. The van der Waals surface area contributed by atoms with Gasteiger partial charge in [-0.3, -0.25) is 9.89 Å². The maximum Gasteiger partial charge on any atom is 0.193 e. The molecule has 1 aromatic rings. The summed E-state index contributed by atoms with van der Waals surface area (Å²) in [5.74, 6) is 2.56. The van der Waals surface area contributed by atoms with E-state index in [0.29, 0.717) is 5.92 Å². The predicted octanol–water partition coefficient (Wildman–Crippen LogP) is 3.38. The summed E-state index contributed by atoms with van der Waals surface area (Å²) in [6, 6.07) is 8.71. The zero-order valence-corrected chi connectivity index (χ0v) is 20.4. The highest BCUT2D eigenvalue weighted by Gasteiger charge is 2.28. The molecule has 0 radical (unpaired) electrons. The highest BCUT2D eigenvalue weighted by atomic mass is 127. The summed E-state index contributed by atoms with van der Waals surface area (Å²) in [4.78, 5) is 9.52. The third kappa shape index (κ3) is 6.46. The SMILES string of the molecule is CN=C(NCC(c1ccccc1OC)N1CCCCC1)N1CCC(COC)C1.I. The lowest BCUT2D eigenvalue weighted by Crippen LogP contribution is -2.45. The third-order valence-electron chi connectivity index (χ3n) is 5.98. The second kappa shape index (κ2) is 12.6. The number of benzene rings is 1. The molecule has 2 heterocycles. The Morgan fingerprint density at radius 2 is 1.93 bits per heavy atom. The Labute approximate surface area is 193 Å². The summed E-state index contributed by atoms with van der Waals surface area (Å²) < 4.78 is 11.0. The number of nitrogens with zero attached hydrogens (tertiary/aromatic N) is 3. The Balaban J connectivity index is 0.00000300. The van der Waals surface area contributed by atoms with Crippen molar-refractivity contribution in [1.29, 1.82) is 0 Å². The van der Waals surface area contributed by atoms with Crippen LogP contribution in [0.15, 0.2) is 29.3 Å². The molecule has 3 rings (SSSR count). The fourth-order valence-corrected chi connectivity index (χ4v) is 4.52. The van der Waals surface area contributed by atoms with Crippen molar-refractivity contribution in [3.05, 3.63) is 29.8 Å². The number of hydrogen-bond donors (Lipinski definition) is 1. The fraction of sp³-hybridized carbons (Fsp3) is 0.682. The largest absolute Gasteiger partial charge is 0.496 e. The number of piperidine rings is 1. The van der Waals surface area contributed by atoms with Crippen molar-refractivity contribution in [3.8, 4) is 5.75 Å². The normalized spacial score (nSPS) is 21.6. The molecule has 1 N–H and O–H groups in total. The van der Waals surface area contributed by atoms with Crippen LogP contribution in [0, 0.1) is 5.92 Å². The summed E-state index contributed by atoms with van der Waals surface area (Å²) in [5, 5.41) is 3.66. The average molecular weight is 516 g/mol. The van der Waals surface area contributed by atoms with E-state index < -0.39 is 0 Å². The van der Waals surface area contributed by atoms with Gasteiger partial charge in [0.25, 0.3) is 0 Å². The first-order valence-electron chi connectivity index (χ1n) is 10.6. The molecule has 0 aromatic heterocycles. The predicted molar refractivity (Wildman–Crippen MR) is 129 cm³/mol. The zero-order chi connectivity index (χ0) is 19.8. The second-order valence-electron chi connectivity index (χ2n) is 7.84. The molecule has 6 nitrogen and oxygen atoms in total. The van der Waals surface area contributed by atoms with E-state index in [1.54, 1.807) is 14.2 Å². The van der Waals surface area contributed by atoms with E-state index in [1.165, 1.54) is 24.8 Å². The minimum atomic E-state index is 0. The molecule has 2 fully saturated rings. The number of ether oxygens (including phenoxy) is 2. The lowest BCUT2D eigenvalue weighted by atomic mass is 10.0. The molecule has 0 aliphatic carbocycles. The molecular formula is C22H37IN4O2. The van der Waals surface area contributed by atoms with Crippen molar-refractivity contribution in [2.45, 2.75) is 31.7 Å². The number of rotatable bonds is 7. The van der Waals surface area contributed by atoms with Gasteiger partial charge in [-0.25, -0.2) is 0 Å². The quantitative estimate of drug-likeness (QED) is 0.342. The van der Waals surface area contributed by atoms with Crippen LogP contribution in [0.1, 0.15) is 37.3 Å². The van der Waals surface area contributed by atoms with Gasteiger partial charge in [-0.15, -0.1) is 24.0 Å². The van der Waals surface area contributed by atoms with Gasteiger partial charge in [-0.05, 0) is 38.4 Å².